The van der Waals surface area contributed by atoms with Gasteiger partial charge in [-0.1, -0.05) is 11.6 Å². The van der Waals surface area contributed by atoms with Gasteiger partial charge in [0.2, 0.25) is 0 Å². The van der Waals surface area contributed by atoms with Gasteiger partial charge in [0, 0.05) is 18.5 Å². The number of thiophene rings is 1. The Morgan fingerprint density at radius 2 is 2.26 bits per heavy atom. The van der Waals surface area contributed by atoms with Crippen LogP contribution in [0.4, 0.5) is 0 Å². The minimum absolute atomic E-state index is 0.0726. The van der Waals surface area contributed by atoms with Crippen molar-refractivity contribution in [2.75, 3.05) is 12.4 Å². The van der Waals surface area contributed by atoms with Crippen LogP contribution in [-0.4, -0.2) is 31.2 Å². The van der Waals surface area contributed by atoms with Crippen molar-refractivity contribution >= 4 is 60.5 Å². The lowest BCUT2D eigenvalue weighted by Crippen LogP contribution is -2.35. The quantitative estimate of drug-likeness (QED) is 0.682. The summed E-state index contributed by atoms with van der Waals surface area (Å²) in [7, 11) is -3.43. The summed E-state index contributed by atoms with van der Waals surface area (Å²) in [6.07, 6.45) is 3.49. The highest BCUT2D eigenvalue weighted by molar-refractivity contribution is 9.11. The van der Waals surface area contributed by atoms with Crippen LogP contribution in [-0.2, 0) is 10.0 Å². The smallest absolute Gasteiger partial charge is 0.206 e. The Hall–Kier alpha value is 0.670. The van der Waals surface area contributed by atoms with Crippen molar-refractivity contribution in [3.63, 3.8) is 0 Å². The first kappa shape index (κ1) is 16.0. The summed E-state index contributed by atoms with van der Waals surface area (Å²) >= 11 is 16.0. The molecule has 1 aromatic rings. The van der Waals surface area contributed by atoms with E-state index >= 15 is 0 Å². The highest BCUT2D eigenvalue weighted by Gasteiger charge is 2.36. The maximum absolute atomic E-state index is 12.6. The summed E-state index contributed by atoms with van der Waals surface area (Å²) in [5.41, 5.74) is 0. The van der Waals surface area contributed by atoms with Crippen molar-refractivity contribution < 1.29 is 8.42 Å². The highest BCUT2D eigenvalue weighted by atomic mass is 79.9. The van der Waals surface area contributed by atoms with Crippen LogP contribution in [0.3, 0.4) is 0 Å². The van der Waals surface area contributed by atoms with E-state index in [1.807, 2.05) is 0 Å². The molecule has 108 valence electrons. The average molecular weight is 407 g/mol. The number of rotatable bonds is 5. The van der Waals surface area contributed by atoms with Crippen LogP contribution in [0.2, 0.25) is 5.02 Å². The van der Waals surface area contributed by atoms with Crippen molar-refractivity contribution in [1.82, 2.24) is 4.31 Å². The molecule has 1 atom stereocenters. The molecule has 2 rings (SSSR count). The molecule has 0 amide bonds. The topological polar surface area (TPSA) is 37.4 Å². The molecule has 0 spiro atoms. The molecule has 0 N–H and O–H groups in total. The van der Waals surface area contributed by atoms with Gasteiger partial charge in [-0.2, -0.15) is 4.31 Å². The lowest BCUT2D eigenvalue weighted by molar-refractivity contribution is 0.369. The fourth-order valence-electron chi connectivity index (χ4n) is 2.30. The first-order valence-corrected chi connectivity index (χ1v) is 9.95. The highest BCUT2D eigenvalue weighted by Crippen LogP contribution is 2.38. The van der Waals surface area contributed by atoms with Gasteiger partial charge in [0.1, 0.15) is 4.21 Å². The molecule has 8 heteroatoms. The number of alkyl halides is 1. The van der Waals surface area contributed by atoms with Crippen molar-refractivity contribution in [1.29, 1.82) is 0 Å². The zero-order chi connectivity index (χ0) is 14.0. The first-order valence-electron chi connectivity index (χ1n) is 5.99. The van der Waals surface area contributed by atoms with Gasteiger partial charge in [-0.15, -0.1) is 22.9 Å². The first-order chi connectivity index (χ1) is 8.96. The van der Waals surface area contributed by atoms with Gasteiger partial charge < -0.3 is 0 Å². The number of hydrogen-bond acceptors (Lipinski definition) is 3. The Bertz CT molecular complexity index is 527. The van der Waals surface area contributed by atoms with E-state index < -0.39 is 10.0 Å². The van der Waals surface area contributed by atoms with Crippen molar-refractivity contribution in [2.45, 2.75) is 35.9 Å². The molecule has 19 heavy (non-hydrogen) atoms. The van der Waals surface area contributed by atoms with Crippen LogP contribution in [0.25, 0.3) is 0 Å². The third-order valence-corrected chi connectivity index (χ3v) is 8.32. The molecule has 1 aliphatic rings. The fourth-order valence-corrected chi connectivity index (χ4v) is 6.70. The summed E-state index contributed by atoms with van der Waals surface area (Å²) in [4.78, 5) is 0. The van der Waals surface area contributed by atoms with Crippen molar-refractivity contribution in [3.8, 4) is 0 Å². The van der Waals surface area contributed by atoms with Crippen molar-refractivity contribution in [2.24, 2.45) is 0 Å². The van der Waals surface area contributed by atoms with Gasteiger partial charge in [-0.3, -0.25) is 0 Å². The molecule has 3 nitrogen and oxygen atoms in total. The van der Waals surface area contributed by atoms with E-state index in [9.17, 15) is 8.42 Å². The average Bonchev–Trinajstić information content (AvgIpc) is 2.95. The summed E-state index contributed by atoms with van der Waals surface area (Å²) < 4.78 is 27.8. The number of hydrogen-bond donors (Lipinski definition) is 0. The molecule has 0 bridgehead atoms. The monoisotopic (exact) mass is 405 g/mol. The van der Waals surface area contributed by atoms with E-state index in [0.717, 1.165) is 37.0 Å². The van der Waals surface area contributed by atoms with Crippen LogP contribution < -0.4 is 0 Å². The molecule has 1 fully saturated rings. The lowest BCUT2D eigenvalue weighted by Gasteiger charge is -2.23. The summed E-state index contributed by atoms with van der Waals surface area (Å²) in [5, 5.41) is 0.445. The normalized spacial score (nSPS) is 21.1. The van der Waals surface area contributed by atoms with E-state index in [1.165, 1.54) is 6.07 Å². The van der Waals surface area contributed by atoms with E-state index in [1.54, 1.807) is 4.31 Å². The van der Waals surface area contributed by atoms with Gasteiger partial charge in [-0.25, -0.2) is 8.42 Å². The molecule has 2 heterocycles. The number of sulfonamides is 1. The summed E-state index contributed by atoms with van der Waals surface area (Å²) in [6.45, 7) is 0.586. The molecule has 0 saturated carbocycles. The Morgan fingerprint density at radius 3 is 2.84 bits per heavy atom. The molecule has 0 aromatic carbocycles. The third kappa shape index (κ3) is 3.47. The zero-order valence-electron chi connectivity index (χ0n) is 10.1. The number of nitrogens with zero attached hydrogens (tertiary/aromatic N) is 1. The molecule has 1 saturated heterocycles. The van der Waals surface area contributed by atoms with Gasteiger partial charge in [0.25, 0.3) is 10.0 Å². The molecule has 1 aromatic heterocycles. The Labute approximate surface area is 136 Å². The maximum atomic E-state index is 12.6. The Balaban J connectivity index is 2.23. The second-order valence-corrected chi connectivity index (χ2v) is 9.70. The largest absolute Gasteiger partial charge is 0.252 e. The van der Waals surface area contributed by atoms with Crippen LogP contribution in [0.15, 0.2) is 14.1 Å². The van der Waals surface area contributed by atoms with Gasteiger partial charge >= 0.3 is 0 Å². The van der Waals surface area contributed by atoms with Crippen LogP contribution in [0, 0.1) is 0 Å². The fraction of sp³-hybridized carbons (Fsp3) is 0.636. The molecular weight excluding hydrogens is 393 g/mol. The second-order valence-electron chi connectivity index (χ2n) is 4.43. The van der Waals surface area contributed by atoms with E-state index in [0.29, 0.717) is 25.4 Å². The Kier molecular flexibility index (Phi) is 5.59. The minimum atomic E-state index is -3.43. The SMILES string of the molecule is O=S(=O)(c1cc(Cl)c(Br)s1)N1CCCC1CCCCl. The van der Waals surface area contributed by atoms with Crippen LogP contribution in [0.5, 0.6) is 0 Å². The predicted octanol–water partition coefficient (Wildman–Crippen LogP) is 4.34. The molecular formula is C11H14BrCl2NO2S2. The zero-order valence-corrected chi connectivity index (χ0v) is 14.8. The molecule has 0 radical (unpaired) electrons. The van der Waals surface area contributed by atoms with Crippen LogP contribution in [0.1, 0.15) is 25.7 Å². The molecule has 0 aliphatic carbocycles. The second kappa shape index (κ2) is 6.62. The minimum Gasteiger partial charge on any atom is -0.206 e. The van der Waals surface area contributed by atoms with E-state index in [4.69, 9.17) is 23.2 Å². The van der Waals surface area contributed by atoms with Gasteiger partial charge in [-0.05, 0) is 47.7 Å². The Morgan fingerprint density at radius 1 is 1.53 bits per heavy atom. The van der Waals surface area contributed by atoms with E-state index in [-0.39, 0.29) is 6.04 Å². The van der Waals surface area contributed by atoms with Crippen molar-refractivity contribution in [3.05, 3.63) is 14.9 Å². The molecule has 1 aliphatic heterocycles. The molecule has 1 unspecified atom stereocenters. The summed E-state index contributed by atoms with van der Waals surface area (Å²) in [6, 6.07) is 1.59. The van der Waals surface area contributed by atoms with E-state index in [2.05, 4.69) is 15.9 Å². The van der Waals surface area contributed by atoms with Crippen LogP contribution >= 0.6 is 50.5 Å². The predicted molar refractivity (Wildman–Crippen MR) is 83.9 cm³/mol. The van der Waals surface area contributed by atoms with Gasteiger partial charge in [0.15, 0.2) is 0 Å². The van der Waals surface area contributed by atoms with Gasteiger partial charge in [0.05, 0.1) is 8.81 Å². The number of halogens is 3. The maximum Gasteiger partial charge on any atom is 0.252 e. The third-order valence-electron chi connectivity index (χ3n) is 3.18. The summed E-state index contributed by atoms with van der Waals surface area (Å²) in [5.74, 6) is 0.570. The standard InChI is InChI=1S/C11H14BrCl2NO2S2/c12-11-9(14)7-10(18-11)19(16,17)15-6-2-4-8(15)3-1-5-13/h7-8H,1-6H2. The lowest BCUT2D eigenvalue weighted by atomic mass is 10.1.